The summed E-state index contributed by atoms with van der Waals surface area (Å²) >= 11 is 11.9. The van der Waals surface area contributed by atoms with Gasteiger partial charge in [-0.3, -0.25) is 0 Å². The van der Waals surface area contributed by atoms with Gasteiger partial charge in [-0.2, -0.15) is 0 Å². The second-order valence-corrected chi connectivity index (χ2v) is 3.71. The normalized spacial score (nSPS) is 20.5. The summed E-state index contributed by atoms with van der Waals surface area (Å²) in [5, 5.41) is 13.8. The van der Waals surface area contributed by atoms with Crippen molar-refractivity contribution >= 4 is 28.9 Å². The number of hydrogen-bond acceptors (Lipinski definition) is 3. The van der Waals surface area contributed by atoms with Crippen LogP contribution in [0.4, 0.5) is 0 Å². The molecular formula is C9H7Cl2NO2. The molecule has 0 fully saturated rings. The molecule has 0 aromatic heterocycles. The molecule has 1 unspecified atom stereocenters. The van der Waals surface area contributed by atoms with Crippen LogP contribution in [0.25, 0.3) is 0 Å². The number of halogens is 2. The van der Waals surface area contributed by atoms with Gasteiger partial charge >= 0.3 is 0 Å². The van der Waals surface area contributed by atoms with Crippen molar-refractivity contribution in [3.05, 3.63) is 33.8 Å². The molecular weight excluding hydrogens is 225 g/mol. The largest absolute Gasteiger partial charge is 0.363 e. The van der Waals surface area contributed by atoms with E-state index in [4.69, 9.17) is 28.3 Å². The van der Waals surface area contributed by atoms with E-state index in [0.717, 1.165) is 0 Å². The summed E-state index contributed by atoms with van der Waals surface area (Å²) in [4.78, 5) is 4.66. The van der Waals surface area contributed by atoms with Gasteiger partial charge in [0.05, 0.1) is 22.2 Å². The molecule has 14 heavy (non-hydrogen) atoms. The monoisotopic (exact) mass is 231 g/mol. The lowest BCUT2D eigenvalue weighted by Gasteiger charge is -2.04. The molecule has 1 aliphatic heterocycles. The van der Waals surface area contributed by atoms with E-state index in [1.54, 1.807) is 18.2 Å². The third-order valence-corrected chi connectivity index (χ3v) is 2.53. The SMILES string of the molecule is OC1CC(c2c(Cl)cccc2Cl)=NO1. The lowest BCUT2D eigenvalue weighted by molar-refractivity contribution is -0.0762. The Hall–Kier alpha value is -0.770. The molecule has 1 aromatic rings. The van der Waals surface area contributed by atoms with E-state index in [1.165, 1.54) is 0 Å². The van der Waals surface area contributed by atoms with Crippen LogP contribution < -0.4 is 0 Å². The first-order valence-corrected chi connectivity index (χ1v) is 4.79. The van der Waals surface area contributed by atoms with Crippen molar-refractivity contribution in [2.45, 2.75) is 12.7 Å². The van der Waals surface area contributed by atoms with E-state index in [0.29, 0.717) is 27.7 Å². The molecule has 0 aliphatic carbocycles. The van der Waals surface area contributed by atoms with E-state index in [1.807, 2.05) is 0 Å². The standard InChI is InChI=1S/C9H7Cl2NO2/c10-5-2-1-3-6(11)9(5)7-4-8(13)14-12-7/h1-3,8,13H,4H2. The van der Waals surface area contributed by atoms with Crippen LogP contribution in [0.1, 0.15) is 12.0 Å². The fourth-order valence-electron chi connectivity index (χ4n) is 1.29. The highest BCUT2D eigenvalue weighted by molar-refractivity contribution is 6.40. The second kappa shape index (κ2) is 3.77. The number of aliphatic hydroxyl groups is 1. The van der Waals surface area contributed by atoms with Crippen LogP contribution in [0.15, 0.2) is 23.4 Å². The van der Waals surface area contributed by atoms with Crippen LogP contribution in [0, 0.1) is 0 Å². The molecule has 1 heterocycles. The Morgan fingerprint density at radius 1 is 1.36 bits per heavy atom. The molecule has 2 rings (SSSR count). The molecule has 1 aliphatic rings. The van der Waals surface area contributed by atoms with Gasteiger partial charge in [0.25, 0.3) is 0 Å². The van der Waals surface area contributed by atoms with Gasteiger partial charge in [-0.1, -0.05) is 34.4 Å². The molecule has 1 N–H and O–H groups in total. The van der Waals surface area contributed by atoms with Crippen LogP contribution in [0.3, 0.4) is 0 Å². The zero-order chi connectivity index (χ0) is 10.1. The average molecular weight is 232 g/mol. The van der Waals surface area contributed by atoms with Crippen molar-refractivity contribution in [2.75, 3.05) is 0 Å². The number of aliphatic hydroxyl groups excluding tert-OH is 1. The maximum absolute atomic E-state index is 9.12. The Morgan fingerprint density at radius 2 is 2.00 bits per heavy atom. The summed E-state index contributed by atoms with van der Waals surface area (Å²) in [6, 6.07) is 5.19. The Kier molecular flexibility index (Phi) is 2.63. The fraction of sp³-hybridized carbons (Fsp3) is 0.222. The van der Waals surface area contributed by atoms with Gasteiger partial charge in [-0.15, -0.1) is 0 Å². The van der Waals surface area contributed by atoms with E-state index in [9.17, 15) is 0 Å². The van der Waals surface area contributed by atoms with E-state index >= 15 is 0 Å². The molecule has 1 aromatic carbocycles. The average Bonchev–Trinajstić information content (AvgIpc) is 2.51. The summed E-state index contributed by atoms with van der Waals surface area (Å²) in [5.74, 6) is 0. The molecule has 0 radical (unpaired) electrons. The van der Waals surface area contributed by atoms with E-state index in [2.05, 4.69) is 9.99 Å². The van der Waals surface area contributed by atoms with Crippen molar-refractivity contribution in [2.24, 2.45) is 5.16 Å². The Labute approximate surface area is 90.9 Å². The van der Waals surface area contributed by atoms with Crippen LogP contribution in [-0.2, 0) is 4.84 Å². The van der Waals surface area contributed by atoms with Crippen molar-refractivity contribution in [3.63, 3.8) is 0 Å². The lowest BCUT2D eigenvalue weighted by Crippen LogP contribution is -2.07. The molecule has 74 valence electrons. The van der Waals surface area contributed by atoms with Gasteiger partial charge in [-0.25, -0.2) is 0 Å². The molecule has 0 amide bonds. The zero-order valence-corrected chi connectivity index (χ0v) is 8.59. The molecule has 0 saturated carbocycles. The predicted molar refractivity (Wildman–Crippen MR) is 54.7 cm³/mol. The van der Waals surface area contributed by atoms with Crippen LogP contribution in [0.5, 0.6) is 0 Å². The highest BCUT2D eigenvalue weighted by Gasteiger charge is 2.22. The molecule has 0 bridgehead atoms. The summed E-state index contributed by atoms with van der Waals surface area (Å²) in [6.45, 7) is 0. The Morgan fingerprint density at radius 3 is 2.50 bits per heavy atom. The van der Waals surface area contributed by atoms with Gasteiger partial charge in [0.2, 0.25) is 6.29 Å². The first-order valence-electron chi connectivity index (χ1n) is 4.03. The molecule has 5 heteroatoms. The van der Waals surface area contributed by atoms with Crippen molar-refractivity contribution in [1.29, 1.82) is 0 Å². The maximum Gasteiger partial charge on any atom is 0.230 e. The van der Waals surface area contributed by atoms with Crippen molar-refractivity contribution in [1.82, 2.24) is 0 Å². The predicted octanol–water partition coefficient (Wildman–Crippen LogP) is 2.44. The first kappa shape index (κ1) is 9.77. The van der Waals surface area contributed by atoms with Crippen molar-refractivity contribution in [3.8, 4) is 0 Å². The number of hydrogen-bond donors (Lipinski definition) is 1. The van der Waals surface area contributed by atoms with Gasteiger partial charge in [0.1, 0.15) is 0 Å². The smallest absolute Gasteiger partial charge is 0.230 e. The minimum absolute atomic E-state index is 0.309. The highest BCUT2D eigenvalue weighted by atomic mass is 35.5. The van der Waals surface area contributed by atoms with E-state index < -0.39 is 6.29 Å². The zero-order valence-electron chi connectivity index (χ0n) is 7.08. The third kappa shape index (κ3) is 1.71. The van der Waals surface area contributed by atoms with Gasteiger partial charge in [0.15, 0.2) is 0 Å². The third-order valence-electron chi connectivity index (χ3n) is 1.90. The summed E-state index contributed by atoms with van der Waals surface area (Å²) in [6.07, 6.45) is -0.582. The van der Waals surface area contributed by atoms with Crippen LogP contribution in [-0.4, -0.2) is 17.1 Å². The van der Waals surface area contributed by atoms with Gasteiger partial charge in [-0.05, 0) is 12.1 Å². The van der Waals surface area contributed by atoms with E-state index in [-0.39, 0.29) is 0 Å². The molecule has 3 nitrogen and oxygen atoms in total. The number of nitrogens with zero attached hydrogens (tertiary/aromatic N) is 1. The maximum atomic E-state index is 9.12. The Bertz CT molecular complexity index is 372. The number of benzene rings is 1. The van der Waals surface area contributed by atoms with Gasteiger partial charge < -0.3 is 9.94 Å². The minimum Gasteiger partial charge on any atom is -0.363 e. The minimum atomic E-state index is -0.891. The van der Waals surface area contributed by atoms with Crippen LogP contribution in [0.2, 0.25) is 10.0 Å². The van der Waals surface area contributed by atoms with Gasteiger partial charge in [0, 0.05) is 5.56 Å². The van der Waals surface area contributed by atoms with Crippen LogP contribution >= 0.6 is 23.2 Å². The summed E-state index contributed by atoms with van der Waals surface area (Å²) in [5.41, 5.74) is 1.21. The fourth-order valence-corrected chi connectivity index (χ4v) is 1.90. The first-order chi connectivity index (χ1) is 6.68. The molecule has 1 atom stereocenters. The Balaban J connectivity index is 2.42. The quantitative estimate of drug-likeness (QED) is 0.807. The van der Waals surface area contributed by atoms with Crippen molar-refractivity contribution < 1.29 is 9.94 Å². The topological polar surface area (TPSA) is 41.8 Å². The summed E-state index contributed by atoms with van der Waals surface area (Å²) < 4.78 is 0. The second-order valence-electron chi connectivity index (χ2n) is 2.90. The highest BCUT2D eigenvalue weighted by Crippen LogP contribution is 2.28. The summed E-state index contributed by atoms with van der Waals surface area (Å²) in [7, 11) is 0. The number of rotatable bonds is 1. The molecule has 0 saturated heterocycles. The number of oxime groups is 1. The molecule has 0 spiro atoms. The lowest BCUT2D eigenvalue weighted by atomic mass is 10.1.